The number of pyridine rings is 1. The van der Waals surface area contributed by atoms with E-state index in [1.54, 1.807) is 17.0 Å². The molecule has 0 aliphatic carbocycles. The van der Waals surface area contributed by atoms with Gasteiger partial charge in [0.2, 0.25) is 0 Å². The number of para-hydroxylation sites is 1. The summed E-state index contributed by atoms with van der Waals surface area (Å²) in [7, 11) is 0. The van der Waals surface area contributed by atoms with Crippen LogP contribution >= 0.6 is 0 Å². The van der Waals surface area contributed by atoms with Crippen LogP contribution in [0.3, 0.4) is 0 Å². The van der Waals surface area contributed by atoms with Crippen molar-refractivity contribution in [3.05, 3.63) is 59.1 Å². The molecule has 1 fully saturated rings. The van der Waals surface area contributed by atoms with Crippen LogP contribution in [0.1, 0.15) is 0 Å². The van der Waals surface area contributed by atoms with Gasteiger partial charge in [0.25, 0.3) is 5.56 Å². The molecule has 1 aromatic carbocycles. The number of nitrogens with zero attached hydrogens (tertiary/aromatic N) is 4. The number of ether oxygens (including phenoxy) is 1. The third kappa shape index (κ3) is 3.31. The average Bonchev–Trinajstić information content (AvgIpc) is 2.69. The van der Waals surface area contributed by atoms with Gasteiger partial charge in [0.15, 0.2) is 0 Å². The highest BCUT2D eigenvalue weighted by Gasteiger charge is 2.15. The van der Waals surface area contributed by atoms with E-state index in [9.17, 15) is 4.79 Å². The van der Waals surface area contributed by atoms with Crippen molar-refractivity contribution in [1.29, 1.82) is 0 Å². The zero-order chi connectivity index (χ0) is 17.1. The number of rotatable bonds is 4. The van der Waals surface area contributed by atoms with Crippen LogP contribution in [-0.2, 0) is 11.3 Å². The number of aromatic nitrogens is 3. The quantitative estimate of drug-likeness (QED) is 0.727. The molecular formula is C19H20N4O2. The van der Waals surface area contributed by atoms with Crippen molar-refractivity contribution >= 4 is 10.9 Å². The van der Waals surface area contributed by atoms with Gasteiger partial charge in [-0.1, -0.05) is 12.1 Å². The van der Waals surface area contributed by atoms with Crippen molar-refractivity contribution in [2.24, 2.45) is 0 Å². The van der Waals surface area contributed by atoms with Gasteiger partial charge < -0.3 is 4.74 Å². The van der Waals surface area contributed by atoms with Crippen LogP contribution in [0, 0.1) is 0 Å². The summed E-state index contributed by atoms with van der Waals surface area (Å²) in [5.74, 6) is 0.671. The first kappa shape index (κ1) is 15.9. The van der Waals surface area contributed by atoms with Crippen molar-refractivity contribution in [1.82, 2.24) is 19.4 Å². The number of hydrogen-bond acceptors (Lipinski definition) is 5. The van der Waals surface area contributed by atoms with Crippen LogP contribution in [0.4, 0.5) is 0 Å². The van der Waals surface area contributed by atoms with Crippen molar-refractivity contribution < 1.29 is 4.74 Å². The van der Waals surface area contributed by atoms with E-state index in [1.807, 2.05) is 36.4 Å². The van der Waals surface area contributed by atoms with Crippen molar-refractivity contribution in [2.75, 3.05) is 32.8 Å². The molecule has 0 spiro atoms. The molecule has 4 rings (SSSR count). The number of benzene rings is 1. The maximum atomic E-state index is 13.1. The zero-order valence-corrected chi connectivity index (χ0v) is 14.0. The standard InChI is InChI=1S/C19H20N4O2/c24-19-16-5-1-2-6-17(16)21-18(15-4-3-7-20-14-15)23(19)9-8-22-10-12-25-13-11-22/h1-7,14H,8-13H2. The molecule has 0 N–H and O–H groups in total. The molecule has 0 unspecified atom stereocenters. The lowest BCUT2D eigenvalue weighted by molar-refractivity contribution is 0.0363. The Labute approximate surface area is 145 Å². The average molecular weight is 336 g/mol. The molecule has 6 heteroatoms. The van der Waals surface area contributed by atoms with Gasteiger partial charge in [-0.2, -0.15) is 0 Å². The minimum absolute atomic E-state index is 0.00212. The minimum atomic E-state index is -0.00212. The molecule has 25 heavy (non-hydrogen) atoms. The Hall–Kier alpha value is -2.57. The minimum Gasteiger partial charge on any atom is -0.379 e. The van der Waals surface area contributed by atoms with Gasteiger partial charge in [-0.15, -0.1) is 0 Å². The second-order valence-corrected chi connectivity index (χ2v) is 6.11. The fourth-order valence-corrected chi connectivity index (χ4v) is 3.16. The topological polar surface area (TPSA) is 60.2 Å². The summed E-state index contributed by atoms with van der Waals surface area (Å²) >= 11 is 0. The lowest BCUT2D eigenvalue weighted by Gasteiger charge is -2.27. The molecule has 1 aliphatic rings. The maximum Gasteiger partial charge on any atom is 0.261 e. The van der Waals surface area contributed by atoms with Crippen LogP contribution in [-0.4, -0.2) is 52.3 Å². The molecule has 0 amide bonds. The molecule has 0 radical (unpaired) electrons. The molecule has 1 aliphatic heterocycles. The van der Waals surface area contributed by atoms with E-state index in [4.69, 9.17) is 9.72 Å². The largest absolute Gasteiger partial charge is 0.379 e. The van der Waals surface area contributed by atoms with Gasteiger partial charge in [0.05, 0.1) is 24.1 Å². The summed E-state index contributed by atoms with van der Waals surface area (Å²) in [6.07, 6.45) is 3.47. The van der Waals surface area contributed by atoms with Crippen molar-refractivity contribution in [2.45, 2.75) is 6.54 Å². The smallest absolute Gasteiger partial charge is 0.261 e. The highest BCUT2D eigenvalue weighted by molar-refractivity contribution is 5.79. The Morgan fingerprint density at radius 1 is 1.04 bits per heavy atom. The molecule has 1 saturated heterocycles. The van der Waals surface area contributed by atoms with Gasteiger partial charge in [0.1, 0.15) is 5.82 Å². The summed E-state index contributed by atoms with van der Waals surface area (Å²) in [5, 5.41) is 0.650. The van der Waals surface area contributed by atoms with E-state index in [2.05, 4.69) is 9.88 Å². The van der Waals surface area contributed by atoms with Gasteiger partial charge in [-0.05, 0) is 24.3 Å². The Balaban J connectivity index is 1.76. The molecule has 128 valence electrons. The van der Waals surface area contributed by atoms with Gasteiger partial charge in [-0.25, -0.2) is 4.98 Å². The molecular weight excluding hydrogens is 316 g/mol. The highest BCUT2D eigenvalue weighted by Crippen LogP contribution is 2.18. The van der Waals surface area contributed by atoms with E-state index in [-0.39, 0.29) is 5.56 Å². The molecule has 0 bridgehead atoms. The van der Waals surface area contributed by atoms with Crippen LogP contribution in [0.15, 0.2) is 53.6 Å². The first-order valence-corrected chi connectivity index (χ1v) is 8.53. The fourth-order valence-electron chi connectivity index (χ4n) is 3.16. The third-order valence-corrected chi connectivity index (χ3v) is 4.52. The molecule has 2 aromatic heterocycles. The van der Waals surface area contributed by atoms with Crippen LogP contribution in [0.2, 0.25) is 0 Å². The monoisotopic (exact) mass is 336 g/mol. The number of hydrogen-bond donors (Lipinski definition) is 0. The fraction of sp³-hybridized carbons (Fsp3) is 0.316. The Bertz CT molecular complexity index is 918. The van der Waals surface area contributed by atoms with Gasteiger partial charge >= 0.3 is 0 Å². The Kier molecular flexibility index (Phi) is 4.54. The predicted molar refractivity (Wildman–Crippen MR) is 96.5 cm³/mol. The van der Waals surface area contributed by atoms with E-state index < -0.39 is 0 Å². The van der Waals surface area contributed by atoms with E-state index >= 15 is 0 Å². The van der Waals surface area contributed by atoms with Crippen LogP contribution in [0.5, 0.6) is 0 Å². The number of morpholine rings is 1. The SMILES string of the molecule is O=c1c2ccccc2nc(-c2cccnc2)n1CCN1CCOCC1. The molecule has 3 aromatic rings. The second-order valence-electron chi connectivity index (χ2n) is 6.11. The summed E-state index contributed by atoms with van der Waals surface area (Å²) < 4.78 is 7.17. The van der Waals surface area contributed by atoms with E-state index in [0.717, 1.165) is 38.4 Å². The van der Waals surface area contributed by atoms with Crippen molar-refractivity contribution in [3.63, 3.8) is 0 Å². The first-order valence-electron chi connectivity index (χ1n) is 8.53. The summed E-state index contributed by atoms with van der Waals surface area (Å²) in [4.78, 5) is 24.3. The second kappa shape index (κ2) is 7.13. The predicted octanol–water partition coefficient (Wildman–Crippen LogP) is 1.79. The molecule has 0 atom stereocenters. The lowest BCUT2D eigenvalue weighted by atomic mass is 10.2. The third-order valence-electron chi connectivity index (χ3n) is 4.52. The summed E-state index contributed by atoms with van der Waals surface area (Å²) in [5.41, 5.74) is 1.57. The molecule has 0 saturated carbocycles. The van der Waals surface area contributed by atoms with E-state index in [1.165, 1.54) is 0 Å². The van der Waals surface area contributed by atoms with Gasteiger partial charge in [-0.3, -0.25) is 19.2 Å². The van der Waals surface area contributed by atoms with Crippen molar-refractivity contribution in [3.8, 4) is 11.4 Å². The molecule has 3 heterocycles. The summed E-state index contributed by atoms with van der Waals surface area (Å²) in [6, 6.07) is 11.3. The normalized spacial score (nSPS) is 15.5. The maximum absolute atomic E-state index is 13.1. The number of fused-ring (bicyclic) bond motifs is 1. The molecule has 6 nitrogen and oxygen atoms in total. The van der Waals surface area contributed by atoms with E-state index in [0.29, 0.717) is 23.3 Å². The van der Waals surface area contributed by atoms with Crippen LogP contribution in [0.25, 0.3) is 22.3 Å². The lowest BCUT2D eigenvalue weighted by Crippen LogP contribution is -2.39. The summed E-state index contributed by atoms with van der Waals surface area (Å²) in [6.45, 7) is 4.70. The highest BCUT2D eigenvalue weighted by atomic mass is 16.5. The Morgan fingerprint density at radius 3 is 2.68 bits per heavy atom. The van der Waals surface area contributed by atoms with Crippen LogP contribution < -0.4 is 5.56 Å². The van der Waals surface area contributed by atoms with Gasteiger partial charge in [0, 0.05) is 44.1 Å². The first-order chi connectivity index (χ1) is 12.3. The zero-order valence-electron chi connectivity index (χ0n) is 14.0. The Morgan fingerprint density at radius 2 is 1.88 bits per heavy atom.